The Kier molecular flexibility index (Phi) is 5.44. The summed E-state index contributed by atoms with van der Waals surface area (Å²) in [5, 5.41) is 16.8. The highest BCUT2D eigenvalue weighted by Crippen LogP contribution is 2.32. The van der Waals surface area contributed by atoms with Crippen LogP contribution in [0.4, 0.5) is 0 Å². The molecule has 0 spiro atoms. The van der Waals surface area contributed by atoms with Gasteiger partial charge < -0.3 is 20.5 Å². The third-order valence-electron chi connectivity index (χ3n) is 5.77. The number of likely N-dealkylation sites (tertiary alicyclic amines) is 1. The SMILES string of the molecule is CN=C(NCC1(CO)CCOCC1)NC1CN(C2CC2)CC1C. The summed E-state index contributed by atoms with van der Waals surface area (Å²) in [4.78, 5) is 7.00. The van der Waals surface area contributed by atoms with Gasteiger partial charge in [0.05, 0.1) is 6.61 Å². The minimum absolute atomic E-state index is 0.0722. The minimum Gasteiger partial charge on any atom is -0.396 e. The molecule has 6 heteroatoms. The molecular formula is C17H32N4O2. The smallest absolute Gasteiger partial charge is 0.191 e. The van der Waals surface area contributed by atoms with Gasteiger partial charge in [-0.1, -0.05) is 6.92 Å². The third kappa shape index (κ3) is 4.17. The van der Waals surface area contributed by atoms with Gasteiger partial charge in [-0.2, -0.15) is 0 Å². The van der Waals surface area contributed by atoms with Crippen LogP contribution in [-0.4, -0.2) is 74.6 Å². The maximum atomic E-state index is 9.79. The fourth-order valence-electron chi connectivity index (χ4n) is 3.77. The lowest BCUT2D eigenvalue weighted by molar-refractivity contribution is -0.0132. The monoisotopic (exact) mass is 324 g/mol. The fourth-order valence-corrected chi connectivity index (χ4v) is 3.77. The molecule has 2 heterocycles. The predicted octanol–water partition coefficient (Wildman–Crippen LogP) is 0.423. The highest BCUT2D eigenvalue weighted by atomic mass is 16.5. The Morgan fingerprint density at radius 2 is 2.04 bits per heavy atom. The summed E-state index contributed by atoms with van der Waals surface area (Å²) in [6.45, 7) is 7.06. The number of aliphatic imine (C=N–C) groups is 1. The molecule has 3 fully saturated rings. The van der Waals surface area contributed by atoms with Gasteiger partial charge in [0.15, 0.2) is 5.96 Å². The molecule has 2 unspecified atom stereocenters. The van der Waals surface area contributed by atoms with Gasteiger partial charge in [0.2, 0.25) is 0 Å². The molecular weight excluding hydrogens is 292 g/mol. The van der Waals surface area contributed by atoms with Gasteiger partial charge in [0.1, 0.15) is 0 Å². The first-order chi connectivity index (χ1) is 11.2. The minimum atomic E-state index is -0.0722. The Hall–Kier alpha value is -0.850. The number of ether oxygens (including phenoxy) is 1. The molecule has 0 radical (unpaired) electrons. The van der Waals surface area contributed by atoms with Crippen molar-refractivity contribution in [3.05, 3.63) is 0 Å². The van der Waals surface area contributed by atoms with Crippen LogP contribution < -0.4 is 10.6 Å². The molecule has 2 aliphatic heterocycles. The highest BCUT2D eigenvalue weighted by molar-refractivity contribution is 5.80. The Morgan fingerprint density at radius 3 is 2.65 bits per heavy atom. The zero-order chi connectivity index (χ0) is 16.3. The summed E-state index contributed by atoms with van der Waals surface area (Å²) in [5.41, 5.74) is -0.0722. The molecule has 2 saturated heterocycles. The number of aliphatic hydroxyl groups is 1. The molecule has 1 saturated carbocycles. The molecule has 0 aromatic rings. The van der Waals surface area contributed by atoms with E-state index in [1.54, 1.807) is 0 Å². The molecule has 1 aliphatic carbocycles. The third-order valence-corrected chi connectivity index (χ3v) is 5.77. The Labute approximate surface area is 139 Å². The largest absolute Gasteiger partial charge is 0.396 e. The molecule has 0 amide bonds. The van der Waals surface area contributed by atoms with E-state index in [-0.39, 0.29) is 12.0 Å². The molecule has 3 rings (SSSR count). The van der Waals surface area contributed by atoms with Crippen molar-refractivity contribution in [1.82, 2.24) is 15.5 Å². The lowest BCUT2D eigenvalue weighted by atomic mass is 9.81. The van der Waals surface area contributed by atoms with Crippen LogP contribution in [0.5, 0.6) is 0 Å². The van der Waals surface area contributed by atoms with E-state index in [4.69, 9.17) is 4.74 Å². The number of hydrogen-bond donors (Lipinski definition) is 3. The molecule has 0 aromatic heterocycles. The topological polar surface area (TPSA) is 69.1 Å². The molecule has 3 N–H and O–H groups in total. The number of nitrogens with one attached hydrogen (secondary N) is 2. The number of guanidine groups is 1. The quantitative estimate of drug-likeness (QED) is 0.505. The van der Waals surface area contributed by atoms with E-state index in [0.717, 1.165) is 51.1 Å². The van der Waals surface area contributed by atoms with Gasteiger partial charge in [-0.15, -0.1) is 0 Å². The molecule has 3 aliphatic rings. The summed E-state index contributed by atoms with van der Waals surface area (Å²) in [6, 6.07) is 1.29. The van der Waals surface area contributed by atoms with Gasteiger partial charge in [-0.25, -0.2) is 0 Å². The number of nitrogens with zero attached hydrogens (tertiary/aromatic N) is 2. The van der Waals surface area contributed by atoms with E-state index < -0.39 is 0 Å². The van der Waals surface area contributed by atoms with Crippen molar-refractivity contribution < 1.29 is 9.84 Å². The zero-order valence-electron chi connectivity index (χ0n) is 14.6. The van der Waals surface area contributed by atoms with Crippen LogP contribution in [0.15, 0.2) is 4.99 Å². The standard InChI is InChI=1S/C17H32N4O2/c1-13-9-21(14-3-4-14)10-15(13)20-16(18-2)19-11-17(12-22)5-7-23-8-6-17/h13-15,22H,3-12H2,1-2H3,(H2,18,19,20). The average molecular weight is 324 g/mol. The van der Waals surface area contributed by atoms with Crippen molar-refractivity contribution in [2.24, 2.45) is 16.3 Å². The number of rotatable bonds is 5. The fraction of sp³-hybridized carbons (Fsp3) is 0.941. The van der Waals surface area contributed by atoms with E-state index in [1.165, 1.54) is 19.4 Å². The maximum Gasteiger partial charge on any atom is 0.191 e. The molecule has 0 bridgehead atoms. The zero-order valence-corrected chi connectivity index (χ0v) is 14.6. The van der Waals surface area contributed by atoms with Crippen LogP contribution in [0.3, 0.4) is 0 Å². The van der Waals surface area contributed by atoms with E-state index in [2.05, 4.69) is 27.4 Å². The predicted molar refractivity (Wildman–Crippen MR) is 91.6 cm³/mol. The molecule has 132 valence electrons. The van der Waals surface area contributed by atoms with Crippen molar-refractivity contribution in [2.45, 2.75) is 44.7 Å². The summed E-state index contributed by atoms with van der Waals surface area (Å²) in [6.07, 6.45) is 4.55. The summed E-state index contributed by atoms with van der Waals surface area (Å²) in [5.74, 6) is 1.50. The van der Waals surface area contributed by atoms with Gasteiger partial charge in [-0.3, -0.25) is 9.89 Å². The molecule has 6 nitrogen and oxygen atoms in total. The number of aliphatic hydroxyl groups excluding tert-OH is 1. The van der Waals surface area contributed by atoms with Crippen LogP contribution in [0, 0.1) is 11.3 Å². The first kappa shape index (κ1) is 17.0. The van der Waals surface area contributed by atoms with Crippen LogP contribution in [0.2, 0.25) is 0 Å². The van der Waals surface area contributed by atoms with E-state index in [9.17, 15) is 5.11 Å². The molecule has 23 heavy (non-hydrogen) atoms. The normalized spacial score (nSPS) is 32.0. The number of hydrogen-bond acceptors (Lipinski definition) is 4. The Bertz CT molecular complexity index is 419. The summed E-state index contributed by atoms with van der Waals surface area (Å²) in [7, 11) is 1.82. The first-order valence-corrected chi connectivity index (χ1v) is 9.06. The van der Waals surface area contributed by atoms with Gasteiger partial charge in [-0.05, 0) is 31.6 Å². The second kappa shape index (κ2) is 7.36. The van der Waals surface area contributed by atoms with E-state index >= 15 is 0 Å². The Morgan fingerprint density at radius 1 is 1.30 bits per heavy atom. The lowest BCUT2D eigenvalue weighted by Crippen LogP contribution is -2.51. The second-order valence-electron chi connectivity index (χ2n) is 7.61. The van der Waals surface area contributed by atoms with E-state index in [0.29, 0.717) is 12.0 Å². The Balaban J connectivity index is 1.49. The van der Waals surface area contributed by atoms with Crippen LogP contribution in [0.25, 0.3) is 0 Å². The van der Waals surface area contributed by atoms with Crippen LogP contribution in [-0.2, 0) is 4.74 Å². The van der Waals surface area contributed by atoms with Gasteiger partial charge in [0.25, 0.3) is 0 Å². The maximum absolute atomic E-state index is 9.79. The second-order valence-corrected chi connectivity index (χ2v) is 7.61. The van der Waals surface area contributed by atoms with Crippen molar-refractivity contribution in [1.29, 1.82) is 0 Å². The van der Waals surface area contributed by atoms with Crippen molar-refractivity contribution in [2.75, 3.05) is 46.5 Å². The van der Waals surface area contributed by atoms with Crippen LogP contribution in [0.1, 0.15) is 32.6 Å². The van der Waals surface area contributed by atoms with Crippen LogP contribution >= 0.6 is 0 Å². The first-order valence-electron chi connectivity index (χ1n) is 9.06. The highest BCUT2D eigenvalue weighted by Gasteiger charge is 2.38. The van der Waals surface area contributed by atoms with E-state index in [1.807, 2.05) is 7.05 Å². The summed E-state index contributed by atoms with van der Waals surface area (Å²) < 4.78 is 5.43. The van der Waals surface area contributed by atoms with Crippen molar-refractivity contribution in [3.63, 3.8) is 0 Å². The van der Waals surface area contributed by atoms with Crippen molar-refractivity contribution >= 4 is 5.96 Å². The van der Waals surface area contributed by atoms with Gasteiger partial charge >= 0.3 is 0 Å². The van der Waals surface area contributed by atoms with Crippen molar-refractivity contribution in [3.8, 4) is 0 Å². The molecule has 2 atom stereocenters. The molecule has 0 aromatic carbocycles. The average Bonchev–Trinajstić information content (AvgIpc) is 3.37. The van der Waals surface area contributed by atoms with Gasteiger partial charge in [0, 0.05) is 57.4 Å². The summed E-state index contributed by atoms with van der Waals surface area (Å²) >= 11 is 0. The lowest BCUT2D eigenvalue weighted by Gasteiger charge is -2.36.